The van der Waals surface area contributed by atoms with E-state index in [0.717, 1.165) is 77.4 Å². The molecule has 4 aromatic heterocycles. The zero-order valence-corrected chi connectivity index (χ0v) is 38.8. The zero-order valence-electron chi connectivity index (χ0n) is 36.8. The average molecular weight is 831 g/mol. The second-order valence-electron chi connectivity index (χ2n) is 19.3. The minimum Gasteiger partial charge on any atom is -0.494 e. The van der Waals surface area contributed by atoms with Crippen LogP contribution in [0.5, 0.6) is 0 Å². The molecule has 2 bridgehead atoms. The number of hydrogen-bond acceptors (Lipinski definition) is 10. The summed E-state index contributed by atoms with van der Waals surface area (Å²) >= 11 is 0. The molecule has 0 saturated carbocycles. The fraction of sp³-hybridized carbons (Fsp3) is 0.605. The molecule has 2 aliphatic rings. The highest BCUT2D eigenvalue weighted by Crippen LogP contribution is 2.47. The van der Waals surface area contributed by atoms with Gasteiger partial charge in [0.2, 0.25) is 0 Å². The molecule has 0 aliphatic carbocycles. The molecule has 2 fully saturated rings. The van der Waals surface area contributed by atoms with E-state index in [1.807, 2.05) is 74.9 Å². The van der Waals surface area contributed by atoms with Crippen LogP contribution in [0.25, 0.3) is 33.9 Å². The Morgan fingerprint density at radius 1 is 0.931 bits per heavy atom. The highest BCUT2D eigenvalue weighted by atomic mass is 28.3. The van der Waals surface area contributed by atoms with Crippen molar-refractivity contribution in [2.24, 2.45) is 7.05 Å². The number of nitrogens with zero attached hydrogens (tertiary/aromatic N) is 8. The van der Waals surface area contributed by atoms with Gasteiger partial charge in [0.25, 0.3) is 0 Å². The van der Waals surface area contributed by atoms with E-state index < -0.39 is 21.7 Å². The van der Waals surface area contributed by atoms with Crippen LogP contribution < -0.4 is 4.90 Å². The van der Waals surface area contributed by atoms with Crippen LogP contribution in [0.2, 0.25) is 51.4 Å². The third-order valence-corrected chi connectivity index (χ3v) is 14.2. The van der Waals surface area contributed by atoms with Crippen molar-refractivity contribution in [3.63, 3.8) is 0 Å². The van der Waals surface area contributed by atoms with Gasteiger partial charge in [-0.1, -0.05) is 51.9 Å². The van der Waals surface area contributed by atoms with Crippen LogP contribution in [0.1, 0.15) is 70.6 Å². The van der Waals surface area contributed by atoms with Crippen LogP contribution >= 0.6 is 0 Å². The van der Waals surface area contributed by atoms with Crippen molar-refractivity contribution in [2.45, 2.75) is 128 Å². The number of hydrogen-bond donors (Lipinski definition) is 0. The number of fused-ring (bicyclic) bond motifs is 3. The van der Waals surface area contributed by atoms with Crippen LogP contribution in [0.15, 0.2) is 43.4 Å². The molecule has 0 spiro atoms. The fourth-order valence-corrected chi connectivity index (χ4v) is 9.35. The lowest BCUT2D eigenvalue weighted by atomic mass is 9.85. The van der Waals surface area contributed by atoms with E-state index in [1.54, 1.807) is 4.68 Å². The normalized spacial score (nSPS) is 18.5. The maximum Gasteiger partial charge on any atom is 0.410 e. The van der Waals surface area contributed by atoms with Crippen molar-refractivity contribution in [3.05, 3.63) is 54.6 Å². The first-order valence-corrected chi connectivity index (χ1v) is 28.3. The molecular weight excluding hydrogens is 765 g/mol. The SMILES string of the molecule is C=C(OCC)c1c([C@H]2C[C@H]3CC[C@@H](C2)N3C(=O)OC(C)(C)C)nc2c(-c3ccc(-c4ccn(C)n4)nc3)cnn2c1N(COCC[Si](C)(C)C)COCC[Si](C)(C)C. The molecule has 58 heavy (non-hydrogen) atoms. The molecule has 3 atom stereocenters. The van der Waals surface area contributed by atoms with E-state index in [1.165, 1.54) is 0 Å². The van der Waals surface area contributed by atoms with Gasteiger partial charge in [-0.3, -0.25) is 9.67 Å². The third kappa shape index (κ3) is 10.6. The van der Waals surface area contributed by atoms with Gasteiger partial charge in [0.05, 0.1) is 29.8 Å². The number of rotatable bonds is 17. The fourth-order valence-electron chi connectivity index (χ4n) is 7.84. The number of carbonyl (C=O) groups is 1. The molecule has 0 radical (unpaired) electrons. The van der Waals surface area contributed by atoms with Crippen LogP contribution in [0.3, 0.4) is 0 Å². The van der Waals surface area contributed by atoms with Crippen molar-refractivity contribution in [2.75, 3.05) is 38.2 Å². The van der Waals surface area contributed by atoms with Crippen LogP contribution in [-0.2, 0) is 26.0 Å². The van der Waals surface area contributed by atoms with Gasteiger partial charge in [-0.05, 0) is 77.6 Å². The molecule has 0 unspecified atom stereocenters. The first kappa shape index (κ1) is 43.5. The molecule has 13 nitrogen and oxygen atoms in total. The predicted octanol–water partition coefficient (Wildman–Crippen LogP) is 9.28. The quantitative estimate of drug-likeness (QED) is 0.0441. The van der Waals surface area contributed by atoms with E-state index in [0.29, 0.717) is 44.7 Å². The Bertz CT molecular complexity index is 2010. The Morgan fingerprint density at radius 2 is 1.57 bits per heavy atom. The third-order valence-electron chi connectivity index (χ3n) is 10.8. The maximum absolute atomic E-state index is 13.6. The molecule has 6 heterocycles. The molecule has 316 valence electrons. The highest BCUT2D eigenvalue weighted by molar-refractivity contribution is 6.76. The van der Waals surface area contributed by atoms with E-state index in [2.05, 4.69) is 61.9 Å². The molecule has 6 rings (SSSR count). The van der Waals surface area contributed by atoms with Crippen molar-refractivity contribution in [3.8, 4) is 22.5 Å². The second kappa shape index (κ2) is 17.7. The number of aromatic nitrogens is 6. The van der Waals surface area contributed by atoms with Gasteiger partial charge < -0.3 is 28.7 Å². The number of aryl methyl sites for hydroxylation is 1. The minimum atomic E-state index is -1.35. The van der Waals surface area contributed by atoms with Gasteiger partial charge in [0, 0.05) is 77.9 Å². The Morgan fingerprint density at radius 3 is 2.09 bits per heavy atom. The number of amides is 1. The predicted molar refractivity (Wildman–Crippen MR) is 236 cm³/mol. The lowest BCUT2D eigenvalue weighted by Gasteiger charge is -2.40. The highest BCUT2D eigenvalue weighted by Gasteiger charge is 2.46. The van der Waals surface area contributed by atoms with Crippen molar-refractivity contribution in [1.82, 2.24) is 34.3 Å². The summed E-state index contributed by atoms with van der Waals surface area (Å²) in [4.78, 5) is 28.0. The average Bonchev–Trinajstić information content (AvgIpc) is 3.83. The summed E-state index contributed by atoms with van der Waals surface area (Å²) < 4.78 is 28.9. The second-order valence-corrected chi connectivity index (χ2v) is 30.6. The van der Waals surface area contributed by atoms with E-state index in [9.17, 15) is 4.79 Å². The van der Waals surface area contributed by atoms with Crippen molar-refractivity contribution >= 4 is 39.5 Å². The summed E-state index contributed by atoms with van der Waals surface area (Å²) in [6, 6.07) is 8.15. The summed E-state index contributed by atoms with van der Waals surface area (Å²) in [5, 5.41) is 9.59. The van der Waals surface area contributed by atoms with E-state index in [4.69, 9.17) is 34.0 Å². The summed E-state index contributed by atoms with van der Waals surface area (Å²) in [6.07, 6.45) is 8.74. The lowest BCUT2D eigenvalue weighted by Crippen LogP contribution is -2.48. The Labute approximate surface area is 347 Å². The molecule has 0 N–H and O–H groups in total. The van der Waals surface area contributed by atoms with Crippen molar-refractivity contribution in [1.29, 1.82) is 0 Å². The molecular formula is C43H66N8O5Si2. The number of piperidine rings is 1. The molecule has 2 aliphatic heterocycles. The molecule has 2 saturated heterocycles. The van der Waals surface area contributed by atoms with Gasteiger partial charge in [-0.25, -0.2) is 9.78 Å². The number of anilines is 1. The molecule has 15 heteroatoms. The number of carbonyl (C=O) groups excluding carboxylic acids is 1. The van der Waals surface area contributed by atoms with Gasteiger partial charge >= 0.3 is 6.09 Å². The first-order chi connectivity index (χ1) is 27.3. The van der Waals surface area contributed by atoms with Crippen LogP contribution in [-0.4, -0.2) is 107 Å². The van der Waals surface area contributed by atoms with Gasteiger partial charge in [-0.2, -0.15) is 14.7 Å². The van der Waals surface area contributed by atoms with Crippen LogP contribution in [0.4, 0.5) is 10.6 Å². The summed E-state index contributed by atoms with van der Waals surface area (Å²) in [5.74, 6) is 1.31. The molecule has 1 amide bonds. The van der Waals surface area contributed by atoms with Crippen molar-refractivity contribution < 1.29 is 23.7 Å². The Hall–Kier alpha value is -4.06. The molecule has 0 aromatic carbocycles. The summed E-state index contributed by atoms with van der Waals surface area (Å²) in [5.41, 5.74) is 5.14. The Kier molecular flexibility index (Phi) is 13.2. The minimum absolute atomic E-state index is 0.0158. The van der Waals surface area contributed by atoms with Crippen LogP contribution in [0, 0.1) is 0 Å². The zero-order chi connectivity index (χ0) is 42.0. The largest absolute Gasteiger partial charge is 0.494 e. The Balaban J connectivity index is 1.48. The van der Waals surface area contributed by atoms with Gasteiger partial charge in [0.15, 0.2) is 5.65 Å². The summed E-state index contributed by atoms with van der Waals surface area (Å²) in [6.45, 7) is 28.7. The standard InChI is InChI=1S/C43H66N8O5Si2/c1-13-55-30(2)38-39(32-24-33-15-16-34(25-32)50(33)42(52)56-43(3,4)5)46-40-35(31-14-17-36(44-26-31)37-18-19-48(6)47-37)27-45-51(40)41(38)49(28-53-20-22-57(7,8)9)29-54-21-23-58(10,11)12/h14,17-19,26-27,32-34H,2,13,15-16,20-25,28-29H2,1,3-12H3/t32-,33+,34-. The smallest absolute Gasteiger partial charge is 0.410 e. The maximum atomic E-state index is 13.6. The molecule has 4 aromatic rings. The summed E-state index contributed by atoms with van der Waals surface area (Å²) in [7, 11) is -0.797. The monoisotopic (exact) mass is 830 g/mol. The topological polar surface area (TPSA) is 121 Å². The number of ether oxygens (including phenoxy) is 4. The van der Waals surface area contributed by atoms with Gasteiger partial charge in [0.1, 0.15) is 36.3 Å². The van der Waals surface area contributed by atoms with Gasteiger partial charge in [-0.15, -0.1) is 0 Å². The van der Waals surface area contributed by atoms with E-state index in [-0.39, 0.29) is 24.1 Å². The first-order valence-electron chi connectivity index (χ1n) is 20.9. The lowest BCUT2D eigenvalue weighted by molar-refractivity contribution is 0.00566. The van der Waals surface area contributed by atoms with E-state index >= 15 is 0 Å². The number of pyridine rings is 1.